The monoisotopic (exact) mass is 374 g/mol. The van der Waals surface area contributed by atoms with E-state index in [1.54, 1.807) is 25.1 Å². The summed E-state index contributed by atoms with van der Waals surface area (Å²) in [6, 6.07) is 5.23. The van der Waals surface area contributed by atoms with Crippen molar-refractivity contribution < 1.29 is 33.3 Å². The number of oxazole rings is 1. The zero-order valence-electron chi connectivity index (χ0n) is 14.6. The second-order valence-electron chi connectivity index (χ2n) is 6.37. The number of rotatable bonds is 3. The molecule has 0 bridgehead atoms. The molecule has 142 valence electrons. The van der Waals surface area contributed by atoms with Crippen LogP contribution in [0, 0.1) is 0 Å². The van der Waals surface area contributed by atoms with Crippen molar-refractivity contribution in [3.63, 3.8) is 0 Å². The van der Waals surface area contributed by atoms with Gasteiger partial charge < -0.3 is 28.6 Å². The van der Waals surface area contributed by atoms with E-state index in [9.17, 15) is 14.7 Å². The minimum Gasteiger partial charge on any atom is -0.486 e. The Bertz CT molecular complexity index is 878. The third kappa shape index (κ3) is 3.33. The molecule has 1 N–H and O–H groups in total. The average molecular weight is 374 g/mol. The second-order valence-corrected chi connectivity index (χ2v) is 6.37. The molecule has 2 aliphatic heterocycles. The number of hydrogen-bond acceptors (Lipinski definition) is 7. The van der Waals surface area contributed by atoms with Gasteiger partial charge in [-0.15, -0.1) is 0 Å². The highest BCUT2D eigenvalue weighted by molar-refractivity contribution is 5.98. The maximum absolute atomic E-state index is 13.0. The lowest BCUT2D eigenvalue weighted by atomic mass is 10.1. The SMILES string of the molecule is C[C@@H]1CN(C(=O)c2ncoc2-c2ccc3c(c2)OCCO3)CC(C(=O)O)O1. The van der Waals surface area contributed by atoms with Gasteiger partial charge in [0.15, 0.2) is 35.5 Å². The van der Waals surface area contributed by atoms with Gasteiger partial charge in [0.25, 0.3) is 5.91 Å². The summed E-state index contributed by atoms with van der Waals surface area (Å²) in [4.78, 5) is 29.7. The van der Waals surface area contributed by atoms with Crippen LogP contribution >= 0.6 is 0 Å². The molecule has 0 radical (unpaired) electrons. The van der Waals surface area contributed by atoms with E-state index in [0.29, 0.717) is 36.0 Å². The molecule has 1 unspecified atom stereocenters. The molecule has 2 aromatic rings. The van der Waals surface area contributed by atoms with E-state index in [4.69, 9.17) is 18.6 Å². The Kier molecular flexibility index (Phi) is 4.44. The number of aliphatic carboxylic acids is 1. The smallest absolute Gasteiger partial charge is 0.334 e. The summed E-state index contributed by atoms with van der Waals surface area (Å²) in [5.41, 5.74) is 0.737. The number of benzene rings is 1. The molecule has 0 aliphatic carbocycles. The lowest BCUT2D eigenvalue weighted by Crippen LogP contribution is -2.51. The molecular weight excluding hydrogens is 356 g/mol. The number of morpholine rings is 1. The van der Waals surface area contributed by atoms with Crippen LogP contribution in [0.1, 0.15) is 17.4 Å². The minimum atomic E-state index is -1.11. The molecule has 9 nitrogen and oxygen atoms in total. The van der Waals surface area contributed by atoms with Crippen molar-refractivity contribution in [1.82, 2.24) is 9.88 Å². The molecule has 2 aliphatic rings. The number of nitrogens with zero attached hydrogens (tertiary/aromatic N) is 2. The van der Waals surface area contributed by atoms with Crippen molar-refractivity contribution in [2.24, 2.45) is 0 Å². The maximum Gasteiger partial charge on any atom is 0.334 e. The summed E-state index contributed by atoms with van der Waals surface area (Å²) < 4.78 is 21.9. The van der Waals surface area contributed by atoms with E-state index in [1.165, 1.54) is 11.3 Å². The van der Waals surface area contributed by atoms with Gasteiger partial charge in [-0.1, -0.05) is 0 Å². The molecule has 4 rings (SSSR count). The predicted octanol–water partition coefficient (Wildman–Crippen LogP) is 1.43. The Morgan fingerprint density at radius 1 is 1.19 bits per heavy atom. The molecule has 0 saturated carbocycles. The van der Waals surface area contributed by atoms with Gasteiger partial charge in [-0.2, -0.15) is 0 Å². The summed E-state index contributed by atoms with van der Waals surface area (Å²) in [6.07, 6.45) is -0.270. The Hall–Kier alpha value is -3.07. The van der Waals surface area contributed by atoms with Crippen molar-refractivity contribution in [3.8, 4) is 22.8 Å². The zero-order valence-corrected chi connectivity index (χ0v) is 14.6. The van der Waals surface area contributed by atoms with E-state index >= 15 is 0 Å². The Balaban J connectivity index is 1.62. The van der Waals surface area contributed by atoms with Gasteiger partial charge in [0.2, 0.25) is 0 Å². The first-order chi connectivity index (χ1) is 13.0. The highest BCUT2D eigenvalue weighted by Crippen LogP contribution is 2.35. The number of carboxylic acids is 1. The number of ether oxygens (including phenoxy) is 3. The van der Waals surface area contributed by atoms with E-state index in [2.05, 4.69) is 4.98 Å². The number of aromatic nitrogens is 1. The molecule has 1 fully saturated rings. The van der Waals surface area contributed by atoms with Crippen LogP contribution in [0.3, 0.4) is 0 Å². The first-order valence-electron chi connectivity index (χ1n) is 8.54. The fourth-order valence-electron chi connectivity index (χ4n) is 3.19. The predicted molar refractivity (Wildman–Crippen MR) is 90.8 cm³/mol. The summed E-state index contributed by atoms with van der Waals surface area (Å²) in [6.45, 7) is 2.88. The van der Waals surface area contributed by atoms with Crippen molar-refractivity contribution in [2.75, 3.05) is 26.3 Å². The van der Waals surface area contributed by atoms with E-state index < -0.39 is 24.1 Å². The first-order valence-corrected chi connectivity index (χ1v) is 8.54. The molecule has 27 heavy (non-hydrogen) atoms. The number of fused-ring (bicyclic) bond motifs is 1. The lowest BCUT2D eigenvalue weighted by Gasteiger charge is -2.34. The van der Waals surface area contributed by atoms with Gasteiger partial charge in [-0.25, -0.2) is 9.78 Å². The number of amides is 1. The third-order valence-corrected chi connectivity index (χ3v) is 4.40. The van der Waals surface area contributed by atoms with E-state index in [1.807, 2.05) is 0 Å². The van der Waals surface area contributed by atoms with Gasteiger partial charge in [0.1, 0.15) is 13.2 Å². The fourth-order valence-corrected chi connectivity index (χ4v) is 3.19. The lowest BCUT2D eigenvalue weighted by molar-refractivity contribution is -0.160. The topological polar surface area (TPSA) is 111 Å². The quantitative estimate of drug-likeness (QED) is 0.859. The van der Waals surface area contributed by atoms with Gasteiger partial charge in [-0.3, -0.25) is 4.79 Å². The standard InChI is InChI=1S/C18H18N2O7/c1-10-7-20(8-14(27-10)18(22)23)17(21)15-16(26-9-19-15)11-2-3-12-13(6-11)25-5-4-24-12/h2-3,6,9-10,14H,4-5,7-8H2,1H3,(H,22,23)/t10-,14?/m1/s1. The van der Waals surface area contributed by atoms with Crippen LogP contribution in [0.25, 0.3) is 11.3 Å². The molecule has 0 spiro atoms. The van der Waals surface area contributed by atoms with E-state index in [0.717, 1.165) is 0 Å². The van der Waals surface area contributed by atoms with Crippen molar-refractivity contribution in [2.45, 2.75) is 19.1 Å². The minimum absolute atomic E-state index is 0.0497. The van der Waals surface area contributed by atoms with Crippen LogP contribution in [0.2, 0.25) is 0 Å². The van der Waals surface area contributed by atoms with Gasteiger partial charge >= 0.3 is 5.97 Å². The van der Waals surface area contributed by atoms with Gasteiger partial charge in [0.05, 0.1) is 12.6 Å². The second kappa shape index (κ2) is 6.92. The number of hydrogen-bond donors (Lipinski definition) is 1. The summed E-state index contributed by atoms with van der Waals surface area (Å²) >= 11 is 0. The Labute approximate surface area is 154 Å². The summed E-state index contributed by atoms with van der Waals surface area (Å²) in [5.74, 6) is -0.0206. The van der Waals surface area contributed by atoms with Crippen LogP contribution in [0.15, 0.2) is 29.0 Å². The van der Waals surface area contributed by atoms with E-state index in [-0.39, 0.29) is 18.8 Å². The molecule has 3 heterocycles. The molecular formula is C18H18N2O7. The summed E-state index contributed by atoms with van der Waals surface area (Å²) in [7, 11) is 0. The molecule has 1 amide bonds. The molecule has 1 saturated heterocycles. The maximum atomic E-state index is 13.0. The highest BCUT2D eigenvalue weighted by atomic mass is 16.6. The highest BCUT2D eigenvalue weighted by Gasteiger charge is 2.35. The first kappa shape index (κ1) is 17.3. The fraction of sp³-hybridized carbons (Fsp3) is 0.389. The Morgan fingerprint density at radius 3 is 2.74 bits per heavy atom. The largest absolute Gasteiger partial charge is 0.486 e. The van der Waals surface area contributed by atoms with Crippen LogP contribution in [-0.4, -0.2) is 65.4 Å². The third-order valence-electron chi connectivity index (χ3n) is 4.40. The molecule has 1 aromatic carbocycles. The van der Waals surface area contributed by atoms with Crippen LogP contribution in [0.4, 0.5) is 0 Å². The average Bonchev–Trinajstić information content (AvgIpc) is 3.16. The van der Waals surface area contributed by atoms with Crippen molar-refractivity contribution >= 4 is 11.9 Å². The van der Waals surface area contributed by atoms with Crippen molar-refractivity contribution in [1.29, 1.82) is 0 Å². The Morgan fingerprint density at radius 2 is 1.96 bits per heavy atom. The number of carboxylic acid groups (broad SMARTS) is 1. The number of carbonyl (C=O) groups is 2. The van der Waals surface area contributed by atoms with Gasteiger partial charge in [0, 0.05) is 12.1 Å². The van der Waals surface area contributed by atoms with Crippen LogP contribution < -0.4 is 9.47 Å². The van der Waals surface area contributed by atoms with Crippen molar-refractivity contribution in [3.05, 3.63) is 30.3 Å². The summed E-state index contributed by atoms with van der Waals surface area (Å²) in [5, 5.41) is 9.21. The number of carbonyl (C=O) groups excluding carboxylic acids is 1. The molecule has 2 atom stereocenters. The van der Waals surface area contributed by atoms with Crippen LogP contribution in [-0.2, 0) is 9.53 Å². The normalized spacial score (nSPS) is 21.7. The van der Waals surface area contributed by atoms with Gasteiger partial charge in [-0.05, 0) is 25.1 Å². The molecule has 1 aromatic heterocycles. The molecule has 9 heteroatoms. The zero-order chi connectivity index (χ0) is 19.0. The van der Waals surface area contributed by atoms with Crippen LogP contribution in [0.5, 0.6) is 11.5 Å².